The maximum Gasteiger partial charge on any atom is 0.280 e. The van der Waals surface area contributed by atoms with Crippen molar-refractivity contribution >= 4 is 11.9 Å². The molecule has 86 valence electrons. The van der Waals surface area contributed by atoms with Gasteiger partial charge in [-0.3, -0.25) is 9.89 Å². The van der Waals surface area contributed by atoms with E-state index in [0.717, 1.165) is 11.3 Å². The first-order chi connectivity index (χ1) is 8.16. The Bertz CT molecular complexity index is 555. The van der Waals surface area contributed by atoms with Crippen molar-refractivity contribution in [1.82, 2.24) is 10.2 Å². The fourth-order valence-corrected chi connectivity index (χ4v) is 1.42. The molecule has 1 aromatic carbocycles. The lowest BCUT2D eigenvalue weighted by Gasteiger charge is -2.00. The smallest absolute Gasteiger partial charge is 0.280 e. The van der Waals surface area contributed by atoms with Gasteiger partial charge in [0, 0.05) is 17.3 Å². The van der Waals surface area contributed by atoms with Gasteiger partial charge in [-0.15, -0.1) is 0 Å². The summed E-state index contributed by atoms with van der Waals surface area (Å²) >= 11 is 0. The molecule has 0 unspecified atom stereocenters. The van der Waals surface area contributed by atoms with Crippen LogP contribution in [0.4, 0.5) is 0 Å². The first-order valence-electron chi connectivity index (χ1n) is 4.90. The van der Waals surface area contributed by atoms with Gasteiger partial charge in [-0.2, -0.15) is 10.1 Å². The number of carbonyl (C=O) groups excluding carboxylic acids is 1. The van der Waals surface area contributed by atoms with Crippen LogP contribution in [0.15, 0.2) is 41.5 Å². The van der Waals surface area contributed by atoms with E-state index >= 15 is 0 Å². The molecule has 6 nitrogen and oxygen atoms in total. The number of carbonyl (C=O) groups is 1. The molecular weight excluding hydrogens is 218 g/mol. The zero-order valence-corrected chi connectivity index (χ0v) is 8.92. The number of hydrogen-bond acceptors (Lipinski definition) is 2. The van der Waals surface area contributed by atoms with Gasteiger partial charge < -0.3 is 11.5 Å². The zero-order chi connectivity index (χ0) is 12.3. The molecule has 0 radical (unpaired) electrons. The average Bonchev–Trinajstić information content (AvgIpc) is 2.82. The predicted octanol–water partition coefficient (Wildman–Crippen LogP) is 0.490. The third-order valence-electron chi connectivity index (χ3n) is 2.15. The molecule has 1 aromatic heterocycles. The quantitative estimate of drug-likeness (QED) is 0.514. The van der Waals surface area contributed by atoms with Gasteiger partial charge in [0.1, 0.15) is 0 Å². The SMILES string of the molecule is NC(N)=NC(=O)c1cccc(-c2ccn[nH]2)c1. The Labute approximate surface area is 97.4 Å². The van der Waals surface area contributed by atoms with E-state index in [1.165, 1.54) is 0 Å². The third-order valence-corrected chi connectivity index (χ3v) is 2.15. The fraction of sp³-hybridized carbons (Fsp3) is 0. The lowest BCUT2D eigenvalue weighted by atomic mass is 10.1. The number of aromatic amines is 1. The van der Waals surface area contributed by atoms with Crippen molar-refractivity contribution in [3.63, 3.8) is 0 Å². The van der Waals surface area contributed by atoms with Crippen molar-refractivity contribution in [1.29, 1.82) is 0 Å². The molecule has 17 heavy (non-hydrogen) atoms. The summed E-state index contributed by atoms with van der Waals surface area (Å²) in [6.07, 6.45) is 1.64. The minimum Gasteiger partial charge on any atom is -0.370 e. The highest BCUT2D eigenvalue weighted by Crippen LogP contribution is 2.17. The molecular formula is C11H11N5O. The number of rotatable bonds is 2. The van der Waals surface area contributed by atoms with Gasteiger partial charge in [0.2, 0.25) is 0 Å². The molecule has 0 fully saturated rings. The van der Waals surface area contributed by atoms with Crippen LogP contribution in [0, 0.1) is 0 Å². The molecule has 0 aliphatic rings. The summed E-state index contributed by atoms with van der Waals surface area (Å²) in [5.74, 6) is -0.715. The van der Waals surface area contributed by atoms with E-state index in [2.05, 4.69) is 15.2 Å². The van der Waals surface area contributed by atoms with Gasteiger partial charge in [0.15, 0.2) is 5.96 Å². The molecule has 2 rings (SSSR count). The van der Waals surface area contributed by atoms with Gasteiger partial charge in [-0.1, -0.05) is 12.1 Å². The second kappa shape index (κ2) is 4.48. The number of H-pyrrole nitrogens is 1. The average molecular weight is 229 g/mol. The number of aromatic nitrogens is 2. The lowest BCUT2D eigenvalue weighted by Crippen LogP contribution is -2.24. The van der Waals surface area contributed by atoms with E-state index in [0.29, 0.717) is 5.56 Å². The third kappa shape index (κ3) is 2.49. The molecule has 6 heteroatoms. The van der Waals surface area contributed by atoms with Crippen LogP contribution in [-0.4, -0.2) is 22.1 Å². The summed E-state index contributed by atoms with van der Waals surface area (Å²) in [5, 5.41) is 6.66. The van der Waals surface area contributed by atoms with Crippen molar-refractivity contribution in [2.75, 3.05) is 0 Å². The number of benzene rings is 1. The monoisotopic (exact) mass is 229 g/mol. The van der Waals surface area contributed by atoms with Gasteiger partial charge >= 0.3 is 0 Å². The highest BCUT2D eigenvalue weighted by molar-refractivity contribution is 6.02. The largest absolute Gasteiger partial charge is 0.370 e. The maximum absolute atomic E-state index is 11.6. The van der Waals surface area contributed by atoms with Gasteiger partial charge in [0.25, 0.3) is 5.91 Å². The van der Waals surface area contributed by atoms with E-state index in [9.17, 15) is 4.79 Å². The van der Waals surface area contributed by atoms with Crippen LogP contribution >= 0.6 is 0 Å². The van der Waals surface area contributed by atoms with Crippen molar-refractivity contribution in [2.45, 2.75) is 0 Å². The van der Waals surface area contributed by atoms with E-state index in [1.54, 1.807) is 24.4 Å². The van der Waals surface area contributed by atoms with Gasteiger partial charge in [-0.25, -0.2) is 0 Å². The number of amides is 1. The molecule has 0 bridgehead atoms. The van der Waals surface area contributed by atoms with Crippen LogP contribution in [0.2, 0.25) is 0 Å². The van der Waals surface area contributed by atoms with Crippen molar-refractivity contribution in [3.8, 4) is 11.3 Å². The highest BCUT2D eigenvalue weighted by Gasteiger charge is 2.06. The first kappa shape index (κ1) is 10.9. The number of aliphatic imine (C=N–C) groups is 1. The summed E-state index contributed by atoms with van der Waals surface area (Å²) < 4.78 is 0. The molecule has 0 saturated heterocycles. The number of nitrogens with one attached hydrogen (secondary N) is 1. The van der Waals surface area contributed by atoms with Crippen molar-refractivity contribution in [2.24, 2.45) is 16.5 Å². The topological polar surface area (TPSA) is 110 Å². The fourth-order valence-electron chi connectivity index (χ4n) is 1.42. The Morgan fingerprint density at radius 1 is 1.29 bits per heavy atom. The second-order valence-electron chi connectivity index (χ2n) is 3.39. The van der Waals surface area contributed by atoms with Crippen LogP contribution < -0.4 is 11.5 Å². The highest BCUT2D eigenvalue weighted by atomic mass is 16.1. The lowest BCUT2D eigenvalue weighted by molar-refractivity contribution is 0.100. The Morgan fingerprint density at radius 3 is 2.76 bits per heavy atom. The standard InChI is InChI=1S/C11H11N5O/c12-11(13)15-10(17)8-3-1-2-7(6-8)9-4-5-14-16-9/h1-6H,(H,14,16)(H4,12,13,15,17). The predicted molar refractivity (Wildman–Crippen MR) is 64.2 cm³/mol. The minimum absolute atomic E-state index is 0.248. The number of guanidine groups is 1. The van der Waals surface area contributed by atoms with Gasteiger partial charge in [-0.05, 0) is 18.2 Å². The molecule has 0 spiro atoms. The Morgan fingerprint density at radius 2 is 2.12 bits per heavy atom. The maximum atomic E-state index is 11.6. The molecule has 0 atom stereocenters. The summed E-state index contributed by atoms with van der Waals surface area (Å²) in [4.78, 5) is 15.1. The Kier molecular flexibility index (Phi) is 2.87. The molecule has 5 N–H and O–H groups in total. The molecule has 0 saturated carbocycles. The normalized spacial score (nSPS) is 9.88. The van der Waals surface area contributed by atoms with Crippen LogP contribution in [0.1, 0.15) is 10.4 Å². The van der Waals surface area contributed by atoms with Crippen LogP contribution in [0.5, 0.6) is 0 Å². The summed E-state index contributed by atoms with van der Waals surface area (Å²) in [5.41, 5.74) is 12.4. The summed E-state index contributed by atoms with van der Waals surface area (Å²) in [6.45, 7) is 0. The molecule has 0 aliphatic carbocycles. The Balaban J connectivity index is 2.36. The molecule has 1 heterocycles. The van der Waals surface area contributed by atoms with Crippen molar-refractivity contribution < 1.29 is 4.79 Å². The van der Waals surface area contributed by atoms with Crippen LogP contribution in [0.3, 0.4) is 0 Å². The number of nitrogens with two attached hydrogens (primary N) is 2. The van der Waals surface area contributed by atoms with Crippen LogP contribution in [-0.2, 0) is 0 Å². The first-order valence-corrected chi connectivity index (χ1v) is 4.90. The van der Waals surface area contributed by atoms with E-state index in [1.807, 2.05) is 12.1 Å². The van der Waals surface area contributed by atoms with E-state index < -0.39 is 5.91 Å². The summed E-state index contributed by atoms with van der Waals surface area (Å²) in [7, 11) is 0. The van der Waals surface area contributed by atoms with E-state index in [4.69, 9.17) is 11.5 Å². The summed E-state index contributed by atoms with van der Waals surface area (Å²) in [6, 6.07) is 8.77. The molecule has 1 amide bonds. The van der Waals surface area contributed by atoms with E-state index in [-0.39, 0.29) is 5.96 Å². The molecule has 2 aromatic rings. The molecule has 0 aliphatic heterocycles. The number of hydrogen-bond donors (Lipinski definition) is 3. The van der Waals surface area contributed by atoms with Crippen LogP contribution in [0.25, 0.3) is 11.3 Å². The Hall–Kier alpha value is -2.63. The zero-order valence-electron chi connectivity index (χ0n) is 8.92. The van der Waals surface area contributed by atoms with Gasteiger partial charge in [0.05, 0.1) is 5.69 Å². The number of nitrogens with zero attached hydrogens (tertiary/aromatic N) is 2. The second-order valence-corrected chi connectivity index (χ2v) is 3.39. The minimum atomic E-state index is -0.466. The van der Waals surface area contributed by atoms with Crippen molar-refractivity contribution in [3.05, 3.63) is 42.1 Å².